The largest absolute Gasteiger partial charge is 0.453 e. The SMILES string of the molecule is CN(Cc1ccc(Br)o1)S(=O)(=O)c1cc(N)cc(Cl)c1F. The van der Waals surface area contributed by atoms with Gasteiger partial charge in [0.1, 0.15) is 10.7 Å². The molecule has 0 radical (unpaired) electrons. The first kappa shape index (κ1) is 16.3. The van der Waals surface area contributed by atoms with Gasteiger partial charge < -0.3 is 10.2 Å². The maximum absolute atomic E-state index is 14.0. The minimum atomic E-state index is -4.09. The summed E-state index contributed by atoms with van der Waals surface area (Å²) in [5.41, 5.74) is 5.59. The maximum atomic E-state index is 14.0. The van der Waals surface area contributed by atoms with E-state index in [4.69, 9.17) is 21.8 Å². The summed E-state index contributed by atoms with van der Waals surface area (Å²) in [6.07, 6.45) is 0. The van der Waals surface area contributed by atoms with E-state index in [1.54, 1.807) is 12.1 Å². The molecule has 0 aliphatic carbocycles. The van der Waals surface area contributed by atoms with E-state index < -0.39 is 20.7 Å². The lowest BCUT2D eigenvalue weighted by molar-refractivity contribution is 0.396. The van der Waals surface area contributed by atoms with Crippen molar-refractivity contribution in [2.24, 2.45) is 0 Å². The molecule has 0 atom stereocenters. The maximum Gasteiger partial charge on any atom is 0.246 e. The quantitative estimate of drug-likeness (QED) is 0.804. The number of anilines is 1. The zero-order chi connectivity index (χ0) is 15.8. The molecule has 1 aromatic carbocycles. The van der Waals surface area contributed by atoms with Crippen molar-refractivity contribution in [3.05, 3.63) is 45.5 Å². The molecule has 0 fully saturated rings. The Labute approximate surface area is 134 Å². The van der Waals surface area contributed by atoms with E-state index in [1.165, 1.54) is 7.05 Å². The molecule has 0 saturated carbocycles. The van der Waals surface area contributed by atoms with Crippen LogP contribution in [0.25, 0.3) is 0 Å². The Morgan fingerprint density at radius 1 is 1.43 bits per heavy atom. The number of nitrogens with two attached hydrogens (primary N) is 1. The molecule has 0 amide bonds. The third-order valence-corrected chi connectivity index (χ3v) is 5.22. The lowest BCUT2D eigenvalue weighted by Gasteiger charge is -2.17. The Morgan fingerprint density at radius 2 is 2.10 bits per heavy atom. The smallest absolute Gasteiger partial charge is 0.246 e. The zero-order valence-corrected chi connectivity index (χ0v) is 14.0. The van der Waals surface area contributed by atoms with Crippen molar-refractivity contribution in [1.82, 2.24) is 4.31 Å². The van der Waals surface area contributed by atoms with E-state index in [9.17, 15) is 12.8 Å². The van der Waals surface area contributed by atoms with Crippen molar-refractivity contribution < 1.29 is 17.2 Å². The van der Waals surface area contributed by atoms with Gasteiger partial charge in [0.2, 0.25) is 10.0 Å². The van der Waals surface area contributed by atoms with E-state index >= 15 is 0 Å². The fourth-order valence-electron chi connectivity index (χ4n) is 1.68. The summed E-state index contributed by atoms with van der Waals surface area (Å²) in [6.45, 7) is -0.0558. The van der Waals surface area contributed by atoms with Crippen molar-refractivity contribution in [1.29, 1.82) is 0 Å². The number of halogens is 3. The summed E-state index contributed by atoms with van der Waals surface area (Å²) in [5.74, 6) is -0.623. The van der Waals surface area contributed by atoms with Crippen LogP contribution in [0.15, 0.2) is 38.2 Å². The number of nitrogens with zero attached hydrogens (tertiary/aromatic N) is 1. The van der Waals surface area contributed by atoms with Crippen LogP contribution in [0, 0.1) is 5.82 Å². The lowest BCUT2D eigenvalue weighted by atomic mass is 10.3. The summed E-state index contributed by atoms with van der Waals surface area (Å²) in [6, 6.07) is 5.43. The van der Waals surface area contributed by atoms with Crippen molar-refractivity contribution in [2.45, 2.75) is 11.4 Å². The summed E-state index contributed by atoms with van der Waals surface area (Å²) in [4.78, 5) is -0.569. The molecule has 2 rings (SSSR count). The van der Waals surface area contributed by atoms with Gasteiger partial charge in [-0.2, -0.15) is 4.31 Å². The second-order valence-electron chi connectivity index (χ2n) is 4.28. The van der Waals surface area contributed by atoms with Gasteiger partial charge in [-0.15, -0.1) is 0 Å². The average Bonchev–Trinajstić information content (AvgIpc) is 2.79. The number of rotatable bonds is 4. The monoisotopic (exact) mass is 396 g/mol. The van der Waals surface area contributed by atoms with E-state index in [0.717, 1.165) is 16.4 Å². The van der Waals surface area contributed by atoms with Crippen LogP contribution >= 0.6 is 27.5 Å². The molecule has 0 aliphatic heterocycles. The van der Waals surface area contributed by atoms with Crippen LogP contribution < -0.4 is 5.73 Å². The van der Waals surface area contributed by atoms with Crippen LogP contribution in [0.1, 0.15) is 5.76 Å². The van der Waals surface area contributed by atoms with Gasteiger partial charge in [-0.05, 0) is 40.2 Å². The number of hydrogen-bond donors (Lipinski definition) is 1. The van der Waals surface area contributed by atoms with Gasteiger partial charge in [-0.25, -0.2) is 12.8 Å². The highest BCUT2D eigenvalue weighted by Crippen LogP contribution is 2.28. The second-order valence-corrected chi connectivity index (χ2v) is 7.48. The fourth-order valence-corrected chi connectivity index (χ4v) is 3.56. The highest BCUT2D eigenvalue weighted by molar-refractivity contribution is 9.10. The van der Waals surface area contributed by atoms with Gasteiger partial charge in [0.25, 0.3) is 0 Å². The molecule has 0 bridgehead atoms. The lowest BCUT2D eigenvalue weighted by Crippen LogP contribution is -2.27. The van der Waals surface area contributed by atoms with Gasteiger partial charge in [0, 0.05) is 12.7 Å². The van der Waals surface area contributed by atoms with Crippen LogP contribution in [0.2, 0.25) is 5.02 Å². The molecule has 0 unspecified atom stereocenters. The van der Waals surface area contributed by atoms with Crippen LogP contribution in [0.3, 0.4) is 0 Å². The third-order valence-electron chi connectivity index (χ3n) is 2.71. The summed E-state index contributed by atoms with van der Waals surface area (Å²) >= 11 is 8.75. The molecule has 1 aromatic heterocycles. The molecule has 0 spiro atoms. The number of furan rings is 1. The van der Waals surface area contributed by atoms with Crippen molar-refractivity contribution in [3.63, 3.8) is 0 Å². The summed E-state index contributed by atoms with van der Waals surface area (Å²) in [5, 5.41) is -0.345. The molecule has 2 aromatic rings. The number of sulfonamides is 1. The standard InChI is InChI=1S/C12H11BrClFN2O3S/c1-17(6-8-2-3-11(13)20-8)21(18,19)10-5-7(16)4-9(14)12(10)15/h2-5H,6,16H2,1H3. The van der Waals surface area contributed by atoms with E-state index in [1.807, 2.05) is 0 Å². The molecular formula is C12H11BrClFN2O3S. The normalized spacial score (nSPS) is 12.0. The molecule has 2 N–H and O–H groups in total. The molecular weight excluding hydrogens is 387 g/mol. The highest BCUT2D eigenvalue weighted by atomic mass is 79.9. The minimum absolute atomic E-state index is 0.0558. The summed E-state index contributed by atoms with van der Waals surface area (Å²) < 4.78 is 45.4. The molecule has 21 heavy (non-hydrogen) atoms. The highest BCUT2D eigenvalue weighted by Gasteiger charge is 2.27. The number of nitrogen functional groups attached to an aromatic ring is 1. The first-order valence-electron chi connectivity index (χ1n) is 5.67. The van der Waals surface area contributed by atoms with Gasteiger partial charge in [-0.3, -0.25) is 0 Å². The molecule has 1 heterocycles. The van der Waals surface area contributed by atoms with Crippen LogP contribution in [-0.2, 0) is 16.6 Å². The Balaban J connectivity index is 2.37. The van der Waals surface area contributed by atoms with Crippen LogP contribution in [0.5, 0.6) is 0 Å². The van der Waals surface area contributed by atoms with E-state index in [-0.39, 0.29) is 17.3 Å². The average molecular weight is 398 g/mol. The van der Waals surface area contributed by atoms with Crippen LogP contribution in [-0.4, -0.2) is 19.8 Å². The topological polar surface area (TPSA) is 76.5 Å². The Bertz CT molecular complexity index is 779. The molecule has 5 nitrogen and oxygen atoms in total. The second kappa shape index (κ2) is 5.96. The van der Waals surface area contributed by atoms with Crippen LogP contribution in [0.4, 0.5) is 10.1 Å². The summed E-state index contributed by atoms with van der Waals surface area (Å²) in [7, 11) is -2.78. The number of benzene rings is 1. The predicted molar refractivity (Wildman–Crippen MR) is 80.9 cm³/mol. The van der Waals surface area contributed by atoms with Gasteiger partial charge in [-0.1, -0.05) is 11.6 Å². The van der Waals surface area contributed by atoms with Crippen molar-refractivity contribution in [3.8, 4) is 0 Å². The minimum Gasteiger partial charge on any atom is -0.453 e. The zero-order valence-electron chi connectivity index (χ0n) is 10.8. The Morgan fingerprint density at radius 3 is 2.67 bits per heavy atom. The fraction of sp³-hybridized carbons (Fsp3) is 0.167. The third kappa shape index (κ3) is 3.39. The molecule has 114 valence electrons. The first-order chi connectivity index (χ1) is 9.71. The molecule has 0 aliphatic rings. The van der Waals surface area contributed by atoms with Crippen molar-refractivity contribution in [2.75, 3.05) is 12.8 Å². The number of hydrogen-bond acceptors (Lipinski definition) is 4. The van der Waals surface area contributed by atoms with Gasteiger partial charge in [0.05, 0.1) is 11.6 Å². The molecule has 9 heteroatoms. The van der Waals surface area contributed by atoms with E-state index in [0.29, 0.717) is 10.4 Å². The Kier molecular flexibility index (Phi) is 4.62. The Hall–Kier alpha value is -1.09. The van der Waals surface area contributed by atoms with Gasteiger partial charge >= 0.3 is 0 Å². The predicted octanol–water partition coefficient (Wildman–Crippen LogP) is 3.24. The first-order valence-corrected chi connectivity index (χ1v) is 8.28. The van der Waals surface area contributed by atoms with E-state index in [2.05, 4.69) is 15.9 Å². The van der Waals surface area contributed by atoms with Gasteiger partial charge in [0.15, 0.2) is 10.5 Å². The van der Waals surface area contributed by atoms with Crippen molar-refractivity contribution >= 4 is 43.2 Å². The molecule has 0 saturated heterocycles.